The van der Waals surface area contributed by atoms with Gasteiger partial charge in [-0.3, -0.25) is 0 Å². The monoisotopic (exact) mass is 373 g/mol. The summed E-state index contributed by atoms with van der Waals surface area (Å²) < 4.78 is 1.75. The van der Waals surface area contributed by atoms with Crippen molar-refractivity contribution in [1.82, 2.24) is 14.6 Å². The Morgan fingerprint density at radius 3 is 2.63 bits per heavy atom. The second-order valence-electron chi connectivity index (χ2n) is 7.10. The maximum atomic E-state index is 6.46. The number of anilines is 1. The Labute approximate surface area is 162 Å². The van der Waals surface area contributed by atoms with E-state index in [-0.39, 0.29) is 0 Å². The molecule has 1 aliphatic rings. The highest BCUT2D eigenvalue weighted by Crippen LogP contribution is 2.34. The summed E-state index contributed by atoms with van der Waals surface area (Å²) in [6, 6.07) is 14.9. The molecule has 0 bridgehead atoms. The van der Waals surface area contributed by atoms with Gasteiger partial charge in [-0.15, -0.1) is 11.3 Å². The normalized spacial score (nSPS) is 15.4. The quantitative estimate of drug-likeness (QED) is 0.511. The molecule has 1 radical (unpaired) electrons. The molecule has 5 heteroatoms. The SMILES string of the molecule is Nc1c(-c2ccc(C3CC[CH]CC3)cc2)cnc2cc(-c3cccs3)nn12. The zero-order valence-corrected chi connectivity index (χ0v) is 15.8. The van der Waals surface area contributed by atoms with Crippen molar-refractivity contribution in [3.63, 3.8) is 0 Å². The first-order valence-electron chi connectivity index (χ1n) is 9.40. The van der Waals surface area contributed by atoms with Crippen molar-refractivity contribution in [2.24, 2.45) is 0 Å². The van der Waals surface area contributed by atoms with E-state index < -0.39 is 0 Å². The number of benzene rings is 1. The highest BCUT2D eigenvalue weighted by atomic mass is 32.1. The summed E-state index contributed by atoms with van der Waals surface area (Å²) in [5.41, 5.74) is 11.6. The van der Waals surface area contributed by atoms with Crippen LogP contribution in [0.5, 0.6) is 0 Å². The van der Waals surface area contributed by atoms with Crippen molar-refractivity contribution in [3.05, 3.63) is 66.0 Å². The molecular weight excluding hydrogens is 352 g/mol. The van der Waals surface area contributed by atoms with Gasteiger partial charge in [0.05, 0.1) is 4.88 Å². The largest absolute Gasteiger partial charge is 0.383 e. The molecule has 1 aliphatic carbocycles. The van der Waals surface area contributed by atoms with E-state index in [9.17, 15) is 0 Å². The van der Waals surface area contributed by atoms with Crippen molar-refractivity contribution in [2.75, 3.05) is 5.73 Å². The lowest BCUT2D eigenvalue weighted by molar-refractivity contribution is 0.512. The van der Waals surface area contributed by atoms with Gasteiger partial charge in [-0.05, 0) is 60.6 Å². The number of fused-ring (bicyclic) bond motifs is 1. The van der Waals surface area contributed by atoms with Crippen LogP contribution in [-0.4, -0.2) is 14.6 Å². The molecule has 0 atom stereocenters. The molecule has 5 rings (SSSR count). The topological polar surface area (TPSA) is 56.2 Å². The number of nitrogens with zero attached hydrogens (tertiary/aromatic N) is 3. The first-order chi connectivity index (χ1) is 13.3. The molecule has 4 aromatic rings. The predicted molar refractivity (Wildman–Crippen MR) is 112 cm³/mol. The molecule has 1 fully saturated rings. The average molecular weight is 374 g/mol. The van der Waals surface area contributed by atoms with Gasteiger partial charge in [0.25, 0.3) is 0 Å². The molecule has 4 nitrogen and oxygen atoms in total. The van der Waals surface area contributed by atoms with Crippen molar-refractivity contribution in [2.45, 2.75) is 31.6 Å². The molecule has 135 valence electrons. The number of aromatic nitrogens is 3. The average Bonchev–Trinajstić information content (AvgIpc) is 3.39. The van der Waals surface area contributed by atoms with E-state index in [0.717, 1.165) is 27.3 Å². The van der Waals surface area contributed by atoms with Crippen molar-refractivity contribution in [3.8, 4) is 21.7 Å². The lowest BCUT2D eigenvalue weighted by Gasteiger charge is -2.22. The molecular formula is C22H21N4S. The van der Waals surface area contributed by atoms with Crippen LogP contribution in [0, 0.1) is 6.42 Å². The van der Waals surface area contributed by atoms with E-state index in [1.807, 2.05) is 23.7 Å². The van der Waals surface area contributed by atoms with Gasteiger partial charge in [0.2, 0.25) is 0 Å². The Bertz CT molecular complexity index is 1060. The Balaban J connectivity index is 1.50. The molecule has 0 aliphatic heterocycles. The van der Waals surface area contributed by atoms with E-state index in [2.05, 4.69) is 46.8 Å². The Morgan fingerprint density at radius 1 is 1.07 bits per heavy atom. The fraction of sp³-hybridized carbons (Fsp3) is 0.227. The number of hydrogen-bond donors (Lipinski definition) is 1. The van der Waals surface area contributed by atoms with Crippen LogP contribution in [0.1, 0.15) is 37.2 Å². The number of nitrogens with two attached hydrogens (primary N) is 1. The zero-order valence-electron chi connectivity index (χ0n) is 15.0. The van der Waals surface area contributed by atoms with Gasteiger partial charge in [-0.25, -0.2) is 4.98 Å². The number of hydrogen-bond acceptors (Lipinski definition) is 4. The fourth-order valence-electron chi connectivity index (χ4n) is 3.91. The van der Waals surface area contributed by atoms with Gasteiger partial charge in [-0.1, -0.05) is 30.3 Å². The first kappa shape index (κ1) is 16.5. The van der Waals surface area contributed by atoms with Crippen LogP contribution in [-0.2, 0) is 0 Å². The minimum Gasteiger partial charge on any atom is -0.383 e. The summed E-state index contributed by atoms with van der Waals surface area (Å²) in [7, 11) is 0. The summed E-state index contributed by atoms with van der Waals surface area (Å²) in [4.78, 5) is 5.70. The predicted octanol–water partition coefficient (Wildman–Crippen LogP) is 5.57. The van der Waals surface area contributed by atoms with Gasteiger partial charge < -0.3 is 5.73 Å². The van der Waals surface area contributed by atoms with Crippen LogP contribution in [0.2, 0.25) is 0 Å². The van der Waals surface area contributed by atoms with Crippen LogP contribution >= 0.6 is 11.3 Å². The van der Waals surface area contributed by atoms with E-state index >= 15 is 0 Å². The zero-order chi connectivity index (χ0) is 18.2. The van der Waals surface area contributed by atoms with Crippen molar-refractivity contribution in [1.29, 1.82) is 0 Å². The third kappa shape index (κ3) is 3.02. The lowest BCUT2D eigenvalue weighted by Crippen LogP contribution is -2.05. The van der Waals surface area contributed by atoms with E-state index in [0.29, 0.717) is 11.7 Å². The molecule has 0 amide bonds. The number of rotatable bonds is 3. The van der Waals surface area contributed by atoms with Crippen LogP contribution in [0.4, 0.5) is 5.82 Å². The van der Waals surface area contributed by atoms with E-state index in [4.69, 9.17) is 5.73 Å². The second kappa shape index (κ2) is 6.82. The minimum absolute atomic E-state index is 0.628. The second-order valence-corrected chi connectivity index (χ2v) is 8.04. The molecule has 1 aromatic carbocycles. The van der Waals surface area contributed by atoms with Crippen LogP contribution in [0.3, 0.4) is 0 Å². The molecule has 0 saturated heterocycles. The first-order valence-corrected chi connectivity index (χ1v) is 10.3. The maximum Gasteiger partial charge on any atom is 0.157 e. The summed E-state index contributed by atoms with van der Waals surface area (Å²) in [5, 5.41) is 6.72. The molecule has 0 spiro atoms. The van der Waals surface area contributed by atoms with Gasteiger partial charge in [-0.2, -0.15) is 9.61 Å². The maximum absolute atomic E-state index is 6.46. The minimum atomic E-state index is 0.628. The van der Waals surface area contributed by atoms with Crippen LogP contribution in [0.15, 0.2) is 54.0 Å². The van der Waals surface area contributed by atoms with Gasteiger partial charge in [0.15, 0.2) is 5.65 Å². The summed E-state index contributed by atoms with van der Waals surface area (Å²) in [6.07, 6.45) is 9.23. The number of thiophene rings is 1. The molecule has 3 aromatic heterocycles. The van der Waals surface area contributed by atoms with Crippen LogP contribution in [0.25, 0.3) is 27.3 Å². The Kier molecular flexibility index (Phi) is 4.17. The van der Waals surface area contributed by atoms with E-state index in [1.165, 1.54) is 31.2 Å². The fourth-order valence-corrected chi connectivity index (χ4v) is 4.59. The highest BCUT2D eigenvalue weighted by molar-refractivity contribution is 7.13. The molecule has 3 heterocycles. The Morgan fingerprint density at radius 2 is 1.89 bits per heavy atom. The van der Waals surface area contributed by atoms with E-state index in [1.54, 1.807) is 15.9 Å². The third-order valence-corrected chi connectivity index (χ3v) is 6.32. The smallest absolute Gasteiger partial charge is 0.157 e. The number of nitrogen functional groups attached to an aromatic ring is 1. The third-order valence-electron chi connectivity index (χ3n) is 5.43. The summed E-state index contributed by atoms with van der Waals surface area (Å²) >= 11 is 1.67. The Hall–Kier alpha value is -2.66. The van der Waals surface area contributed by atoms with Crippen molar-refractivity contribution < 1.29 is 0 Å². The summed E-state index contributed by atoms with van der Waals surface area (Å²) in [5.74, 6) is 1.31. The van der Waals surface area contributed by atoms with Gasteiger partial charge in [0.1, 0.15) is 11.5 Å². The molecule has 1 saturated carbocycles. The van der Waals surface area contributed by atoms with Crippen LogP contribution < -0.4 is 5.73 Å². The lowest BCUT2D eigenvalue weighted by atomic mass is 9.84. The molecule has 27 heavy (non-hydrogen) atoms. The molecule has 0 unspecified atom stereocenters. The summed E-state index contributed by atoms with van der Waals surface area (Å²) in [6.45, 7) is 0. The standard InChI is InChI=1S/C22H21N4S/c23-22-18(17-10-8-16(9-11-17)15-5-2-1-3-6-15)14-24-21-13-19(25-26(21)22)20-7-4-12-27-20/h1,4,7-15H,2-3,5-6,23H2. The van der Waals surface area contributed by atoms with Gasteiger partial charge in [0, 0.05) is 17.8 Å². The van der Waals surface area contributed by atoms with Crippen molar-refractivity contribution >= 4 is 22.8 Å². The highest BCUT2D eigenvalue weighted by Gasteiger charge is 2.16. The molecule has 2 N–H and O–H groups in total. The van der Waals surface area contributed by atoms with Gasteiger partial charge >= 0.3 is 0 Å².